The first-order valence-corrected chi connectivity index (χ1v) is 8.37. The number of carbonyl (C=O) groups is 1. The number of halogens is 3. The first-order valence-electron chi connectivity index (χ1n) is 6.40. The fourth-order valence-electron chi connectivity index (χ4n) is 1.86. The van der Waals surface area contributed by atoms with Crippen molar-refractivity contribution in [3.8, 4) is 5.75 Å². The number of hydrogen-bond donors (Lipinski definition) is 3. The monoisotopic (exact) mass is 459 g/mol. The molecule has 0 atom stereocenters. The number of aromatic hydroxyl groups is 1. The molecule has 120 valence electrons. The van der Waals surface area contributed by atoms with Crippen LogP contribution in [0.15, 0.2) is 50.3 Å². The van der Waals surface area contributed by atoms with Crippen molar-refractivity contribution in [3.05, 3.63) is 61.5 Å². The Labute approximate surface area is 154 Å². The van der Waals surface area contributed by atoms with Gasteiger partial charge in [-0.25, -0.2) is 5.84 Å². The van der Waals surface area contributed by atoms with Crippen LogP contribution in [0.3, 0.4) is 0 Å². The molecule has 0 aliphatic carbocycles. The van der Waals surface area contributed by atoms with Crippen LogP contribution in [0.5, 0.6) is 5.75 Å². The van der Waals surface area contributed by atoms with E-state index in [0.717, 1.165) is 5.56 Å². The van der Waals surface area contributed by atoms with Crippen molar-refractivity contribution in [1.29, 1.82) is 0 Å². The SMILES string of the molecule is NNC(=O)CN=C(c1ccc(Cl)cc1)c1cc(Br)c(O)c(Br)c1. The summed E-state index contributed by atoms with van der Waals surface area (Å²) in [6.45, 7) is -0.120. The Bertz CT molecular complexity index is 741. The van der Waals surface area contributed by atoms with E-state index in [1.807, 2.05) is 5.43 Å². The average Bonchev–Trinajstić information content (AvgIpc) is 2.54. The zero-order chi connectivity index (χ0) is 17.0. The maximum atomic E-state index is 11.4. The number of nitrogens with zero attached hydrogens (tertiary/aromatic N) is 1. The number of carbonyl (C=O) groups excluding carboxylic acids is 1. The van der Waals surface area contributed by atoms with Gasteiger partial charge in [-0.2, -0.15) is 0 Å². The van der Waals surface area contributed by atoms with E-state index in [0.29, 0.717) is 25.2 Å². The van der Waals surface area contributed by atoms with Crippen LogP contribution >= 0.6 is 43.5 Å². The molecule has 0 radical (unpaired) electrons. The van der Waals surface area contributed by atoms with Gasteiger partial charge in [0.25, 0.3) is 5.91 Å². The van der Waals surface area contributed by atoms with E-state index in [1.165, 1.54) is 0 Å². The molecule has 0 bridgehead atoms. The molecule has 0 saturated heterocycles. The quantitative estimate of drug-likeness (QED) is 0.282. The second kappa shape index (κ2) is 7.92. The zero-order valence-electron chi connectivity index (χ0n) is 11.7. The lowest BCUT2D eigenvalue weighted by Gasteiger charge is -2.10. The molecule has 0 unspecified atom stereocenters. The van der Waals surface area contributed by atoms with Gasteiger partial charge in [0.05, 0.1) is 14.7 Å². The lowest BCUT2D eigenvalue weighted by molar-refractivity contribution is -0.119. The number of rotatable bonds is 4. The van der Waals surface area contributed by atoms with Crippen LogP contribution in [0, 0.1) is 0 Å². The number of nitrogens with one attached hydrogen (secondary N) is 1. The van der Waals surface area contributed by atoms with Crippen molar-refractivity contribution >= 4 is 55.1 Å². The standard InChI is InChI=1S/C15H12Br2ClN3O2/c16-11-5-9(6-12(17)15(11)23)14(20-7-13(22)21-19)8-1-3-10(18)4-2-8/h1-6,23H,7,19H2,(H,21,22). The third-order valence-corrected chi connectivity index (χ3v) is 4.41. The second-order valence-electron chi connectivity index (χ2n) is 4.53. The summed E-state index contributed by atoms with van der Waals surface area (Å²) >= 11 is 12.5. The van der Waals surface area contributed by atoms with E-state index in [-0.39, 0.29) is 12.3 Å². The van der Waals surface area contributed by atoms with E-state index in [4.69, 9.17) is 17.4 Å². The van der Waals surface area contributed by atoms with Crippen molar-refractivity contribution < 1.29 is 9.90 Å². The first-order chi connectivity index (χ1) is 10.9. The molecular weight excluding hydrogens is 449 g/mol. The van der Waals surface area contributed by atoms with Gasteiger partial charge in [-0.15, -0.1) is 0 Å². The Kier molecular flexibility index (Phi) is 6.17. The van der Waals surface area contributed by atoms with Crippen molar-refractivity contribution in [3.63, 3.8) is 0 Å². The van der Waals surface area contributed by atoms with Gasteiger partial charge in [-0.3, -0.25) is 15.2 Å². The summed E-state index contributed by atoms with van der Waals surface area (Å²) in [4.78, 5) is 15.7. The maximum Gasteiger partial charge on any atom is 0.255 e. The van der Waals surface area contributed by atoms with Crippen molar-refractivity contribution in [1.82, 2.24) is 5.43 Å². The van der Waals surface area contributed by atoms with E-state index in [2.05, 4.69) is 36.9 Å². The predicted molar refractivity (Wildman–Crippen MR) is 97.8 cm³/mol. The number of amides is 1. The van der Waals surface area contributed by atoms with Gasteiger partial charge < -0.3 is 5.11 Å². The largest absolute Gasteiger partial charge is 0.506 e. The molecule has 0 aliphatic heterocycles. The van der Waals surface area contributed by atoms with Gasteiger partial charge in [0.1, 0.15) is 12.3 Å². The lowest BCUT2D eigenvalue weighted by atomic mass is 10.0. The minimum absolute atomic E-state index is 0.0870. The number of phenolic OH excluding ortho intramolecular Hbond substituents is 1. The molecule has 8 heteroatoms. The highest BCUT2D eigenvalue weighted by atomic mass is 79.9. The number of hydrogen-bond acceptors (Lipinski definition) is 4. The average molecular weight is 462 g/mol. The summed E-state index contributed by atoms with van der Waals surface area (Å²) in [6, 6.07) is 10.5. The fraction of sp³-hybridized carbons (Fsp3) is 0.0667. The Morgan fingerprint density at radius 1 is 1.17 bits per heavy atom. The summed E-state index contributed by atoms with van der Waals surface area (Å²) in [6.07, 6.45) is 0. The van der Waals surface area contributed by atoms with Gasteiger partial charge >= 0.3 is 0 Å². The number of nitrogens with two attached hydrogens (primary N) is 1. The molecule has 4 N–H and O–H groups in total. The molecule has 1 amide bonds. The number of hydrazine groups is 1. The normalized spacial score (nSPS) is 11.4. The van der Waals surface area contributed by atoms with Gasteiger partial charge in [0.15, 0.2) is 0 Å². The van der Waals surface area contributed by atoms with Gasteiger partial charge in [-0.1, -0.05) is 23.7 Å². The van der Waals surface area contributed by atoms with E-state index in [9.17, 15) is 9.90 Å². The van der Waals surface area contributed by atoms with Crippen LogP contribution < -0.4 is 11.3 Å². The van der Waals surface area contributed by atoms with Crippen molar-refractivity contribution in [2.45, 2.75) is 0 Å². The Morgan fingerprint density at radius 2 is 1.74 bits per heavy atom. The predicted octanol–water partition coefficient (Wildman–Crippen LogP) is 3.40. The Morgan fingerprint density at radius 3 is 2.26 bits per heavy atom. The molecule has 0 heterocycles. The fourth-order valence-corrected chi connectivity index (χ4v) is 3.17. The van der Waals surface area contributed by atoms with Crippen LogP contribution in [0.1, 0.15) is 11.1 Å². The maximum absolute atomic E-state index is 11.4. The third-order valence-electron chi connectivity index (χ3n) is 2.95. The summed E-state index contributed by atoms with van der Waals surface area (Å²) in [5, 5.41) is 10.4. The molecule has 2 rings (SSSR count). The van der Waals surface area contributed by atoms with Crippen molar-refractivity contribution in [2.24, 2.45) is 10.8 Å². The molecule has 0 saturated carbocycles. The third kappa shape index (κ3) is 4.54. The molecule has 5 nitrogen and oxygen atoms in total. The van der Waals surface area contributed by atoms with Gasteiger partial charge in [0, 0.05) is 16.1 Å². The molecule has 0 aromatic heterocycles. The molecule has 0 aliphatic rings. The molecular formula is C15H12Br2ClN3O2. The minimum Gasteiger partial charge on any atom is -0.506 e. The first kappa shape index (κ1) is 17.9. The van der Waals surface area contributed by atoms with Crippen LogP contribution in [-0.4, -0.2) is 23.3 Å². The van der Waals surface area contributed by atoms with E-state index >= 15 is 0 Å². The topological polar surface area (TPSA) is 87.7 Å². The minimum atomic E-state index is -0.409. The van der Waals surface area contributed by atoms with Crippen LogP contribution in [0.25, 0.3) is 0 Å². The number of benzene rings is 2. The van der Waals surface area contributed by atoms with E-state index < -0.39 is 5.91 Å². The highest BCUT2D eigenvalue weighted by molar-refractivity contribution is 9.11. The highest BCUT2D eigenvalue weighted by Gasteiger charge is 2.13. The lowest BCUT2D eigenvalue weighted by Crippen LogP contribution is -2.32. The zero-order valence-corrected chi connectivity index (χ0v) is 15.6. The van der Waals surface area contributed by atoms with Gasteiger partial charge in [0.2, 0.25) is 0 Å². The summed E-state index contributed by atoms with van der Waals surface area (Å²) in [5.74, 6) is 4.77. The molecule has 0 spiro atoms. The van der Waals surface area contributed by atoms with E-state index in [1.54, 1.807) is 36.4 Å². The highest BCUT2D eigenvalue weighted by Crippen LogP contribution is 2.34. The number of phenols is 1. The smallest absolute Gasteiger partial charge is 0.255 e. The summed E-state index contributed by atoms with van der Waals surface area (Å²) in [7, 11) is 0. The van der Waals surface area contributed by atoms with Crippen LogP contribution in [0.4, 0.5) is 0 Å². The van der Waals surface area contributed by atoms with Crippen LogP contribution in [0.2, 0.25) is 5.02 Å². The molecule has 0 fully saturated rings. The molecule has 23 heavy (non-hydrogen) atoms. The van der Waals surface area contributed by atoms with Crippen molar-refractivity contribution in [2.75, 3.05) is 6.54 Å². The van der Waals surface area contributed by atoms with Crippen LogP contribution in [-0.2, 0) is 4.79 Å². The Hall–Kier alpha value is -1.41. The molecule has 2 aromatic rings. The van der Waals surface area contributed by atoms with Gasteiger partial charge in [-0.05, 0) is 56.1 Å². The Balaban J connectivity index is 2.53. The summed E-state index contributed by atoms with van der Waals surface area (Å²) in [5.41, 5.74) is 4.11. The summed E-state index contributed by atoms with van der Waals surface area (Å²) < 4.78 is 1.01. The number of aliphatic imine (C=N–C) groups is 1. The molecule has 2 aromatic carbocycles. The second-order valence-corrected chi connectivity index (χ2v) is 6.67.